The summed E-state index contributed by atoms with van der Waals surface area (Å²) in [7, 11) is 1.47. The number of hydrogen-bond acceptors (Lipinski definition) is 3. The van der Waals surface area contributed by atoms with Crippen molar-refractivity contribution < 1.29 is 23.0 Å². The topological polar surface area (TPSA) is 32.7 Å². The second kappa shape index (κ2) is 8.15. The van der Waals surface area contributed by atoms with Crippen molar-refractivity contribution in [2.45, 2.75) is 19.5 Å². The van der Waals surface area contributed by atoms with Gasteiger partial charge in [-0.3, -0.25) is 0 Å². The summed E-state index contributed by atoms with van der Waals surface area (Å²) in [4.78, 5) is 1.90. The Labute approximate surface area is 150 Å². The minimum Gasteiger partial charge on any atom is -0.496 e. The second-order valence-corrected chi connectivity index (χ2v) is 6.40. The number of alkyl halides is 3. The Morgan fingerprint density at radius 1 is 1.36 bits per heavy atom. The SMILES string of the molecule is COc1cc(CC(C)C(F)(F)F)ccc1C1=CN(CCO)CC=C1Cl. The van der Waals surface area contributed by atoms with Gasteiger partial charge in [0.25, 0.3) is 0 Å². The highest BCUT2D eigenvalue weighted by atomic mass is 35.5. The van der Waals surface area contributed by atoms with Crippen LogP contribution in [0.4, 0.5) is 13.2 Å². The lowest BCUT2D eigenvalue weighted by atomic mass is 9.96. The van der Waals surface area contributed by atoms with Crippen molar-refractivity contribution in [2.24, 2.45) is 5.92 Å². The van der Waals surface area contributed by atoms with E-state index in [1.165, 1.54) is 7.11 Å². The third kappa shape index (κ3) is 4.92. The predicted octanol–water partition coefficient (Wildman–Crippen LogP) is 4.21. The molecule has 0 fully saturated rings. The summed E-state index contributed by atoms with van der Waals surface area (Å²) < 4.78 is 43.7. The number of hydrogen-bond donors (Lipinski definition) is 1. The predicted molar refractivity (Wildman–Crippen MR) is 92.5 cm³/mol. The molecule has 1 aliphatic rings. The number of β-amino-alcohol motifs (C(OH)–C–C–N with tert-alkyl or cyclic N) is 1. The summed E-state index contributed by atoms with van der Waals surface area (Å²) in [5.41, 5.74) is 1.97. The van der Waals surface area contributed by atoms with E-state index in [1.54, 1.807) is 18.2 Å². The number of rotatable bonds is 6. The molecule has 0 saturated heterocycles. The van der Waals surface area contributed by atoms with Crippen LogP contribution in [0.2, 0.25) is 0 Å². The van der Waals surface area contributed by atoms with Gasteiger partial charge in [0.15, 0.2) is 0 Å². The lowest BCUT2D eigenvalue weighted by Gasteiger charge is -2.25. The van der Waals surface area contributed by atoms with Crippen LogP contribution < -0.4 is 4.74 Å². The van der Waals surface area contributed by atoms with Crippen molar-refractivity contribution in [3.05, 3.63) is 46.6 Å². The van der Waals surface area contributed by atoms with Crippen molar-refractivity contribution in [1.29, 1.82) is 0 Å². The minimum absolute atomic E-state index is 0.0145. The van der Waals surface area contributed by atoms with Gasteiger partial charge in [0, 0.05) is 35.5 Å². The molecule has 1 N–H and O–H groups in total. The van der Waals surface area contributed by atoms with Crippen LogP contribution in [0.15, 0.2) is 35.5 Å². The number of allylic oxidation sites excluding steroid dienone is 2. The van der Waals surface area contributed by atoms with Crippen molar-refractivity contribution in [2.75, 3.05) is 26.8 Å². The number of ether oxygens (including phenoxy) is 1. The van der Waals surface area contributed by atoms with E-state index in [9.17, 15) is 13.2 Å². The minimum atomic E-state index is -4.23. The molecule has 0 bridgehead atoms. The van der Waals surface area contributed by atoms with E-state index in [2.05, 4.69) is 0 Å². The highest BCUT2D eigenvalue weighted by Gasteiger charge is 2.35. The number of methoxy groups -OCH3 is 1. The van der Waals surface area contributed by atoms with Gasteiger partial charge in [-0.15, -0.1) is 0 Å². The molecule has 1 aromatic carbocycles. The Kier molecular flexibility index (Phi) is 6.41. The second-order valence-electron chi connectivity index (χ2n) is 5.99. The van der Waals surface area contributed by atoms with Gasteiger partial charge >= 0.3 is 6.18 Å². The molecule has 138 valence electrons. The van der Waals surface area contributed by atoms with Crippen LogP contribution >= 0.6 is 11.6 Å². The van der Waals surface area contributed by atoms with E-state index < -0.39 is 12.1 Å². The van der Waals surface area contributed by atoms with Gasteiger partial charge in [0.1, 0.15) is 5.75 Å². The first kappa shape index (κ1) is 19.7. The van der Waals surface area contributed by atoms with Gasteiger partial charge in [0.05, 0.1) is 19.6 Å². The zero-order valence-corrected chi connectivity index (χ0v) is 14.9. The maximum Gasteiger partial charge on any atom is 0.391 e. The Morgan fingerprint density at radius 3 is 2.68 bits per heavy atom. The van der Waals surface area contributed by atoms with Crippen LogP contribution in [0.5, 0.6) is 5.75 Å². The fourth-order valence-corrected chi connectivity index (χ4v) is 2.86. The van der Waals surface area contributed by atoms with Gasteiger partial charge in [0.2, 0.25) is 0 Å². The summed E-state index contributed by atoms with van der Waals surface area (Å²) in [5.74, 6) is -0.962. The van der Waals surface area contributed by atoms with Crippen molar-refractivity contribution >= 4 is 17.2 Å². The van der Waals surface area contributed by atoms with Crippen LogP contribution in [0, 0.1) is 5.92 Å². The van der Waals surface area contributed by atoms with E-state index in [0.29, 0.717) is 40.6 Å². The molecule has 1 unspecified atom stereocenters. The lowest BCUT2D eigenvalue weighted by Crippen LogP contribution is -2.24. The highest BCUT2D eigenvalue weighted by molar-refractivity contribution is 6.37. The smallest absolute Gasteiger partial charge is 0.391 e. The first-order chi connectivity index (χ1) is 11.8. The zero-order valence-electron chi connectivity index (χ0n) is 14.1. The van der Waals surface area contributed by atoms with E-state index in [1.807, 2.05) is 17.2 Å². The molecule has 2 rings (SSSR count). The molecule has 1 aromatic rings. The summed E-state index contributed by atoms with van der Waals surface area (Å²) >= 11 is 6.29. The summed E-state index contributed by atoms with van der Waals surface area (Å²) in [6, 6.07) is 5.01. The Morgan fingerprint density at radius 2 is 2.08 bits per heavy atom. The number of aliphatic hydroxyl groups excluding tert-OH is 1. The monoisotopic (exact) mass is 375 g/mol. The van der Waals surface area contributed by atoms with Gasteiger partial charge in [-0.2, -0.15) is 13.2 Å². The van der Waals surface area contributed by atoms with Crippen LogP contribution in [0.3, 0.4) is 0 Å². The highest BCUT2D eigenvalue weighted by Crippen LogP contribution is 2.37. The number of aliphatic hydroxyl groups is 1. The Balaban J connectivity index is 2.31. The molecule has 0 amide bonds. The fraction of sp³-hybridized carbons (Fsp3) is 0.444. The number of benzene rings is 1. The van der Waals surface area contributed by atoms with Gasteiger partial charge < -0.3 is 14.7 Å². The average Bonchev–Trinajstić information content (AvgIpc) is 2.56. The molecule has 0 spiro atoms. The van der Waals surface area contributed by atoms with Crippen LogP contribution in [-0.4, -0.2) is 43.0 Å². The quantitative estimate of drug-likeness (QED) is 0.808. The summed E-state index contributed by atoms with van der Waals surface area (Å²) in [6.45, 7) is 2.23. The molecule has 25 heavy (non-hydrogen) atoms. The Bertz CT molecular complexity index is 671. The molecule has 3 nitrogen and oxygen atoms in total. The lowest BCUT2D eigenvalue weighted by molar-refractivity contribution is -0.169. The molecule has 0 saturated carbocycles. The van der Waals surface area contributed by atoms with Crippen molar-refractivity contribution in [3.8, 4) is 5.75 Å². The van der Waals surface area contributed by atoms with E-state index in [4.69, 9.17) is 21.4 Å². The molecule has 1 heterocycles. The summed E-state index contributed by atoms with van der Waals surface area (Å²) in [5, 5.41) is 9.63. The fourth-order valence-electron chi connectivity index (χ4n) is 2.64. The first-order valence-corrected chi connectivity index (χ1v) is 8.30. The van der Waals surface area contributed by atoms with Crippen molar-refractivity contribution in [1.82, 2.24) is 4.90 Å². The van der Waals surface area contributed by atoms with Crippen LogP contribution in [-0.2, 0) is 6.42 Å². The van der Waals surface area contributed by atoms with Crippen molar-refractivity contribution in [3.63, 3.8) is 0 Å². The molecule has 1 atom stereocenters. The number of halogens is 4. The zero-order chi connectivity index (χ0) is 18.6. The normalized spacial score (nSPS) is 16.4. The van der Waals surface area contributed by atoms with E-state index >= 15 is 0 Å². The van der Waals surface area contributed by atoms with Gasteiger partial charge in [-0.1, -0.05) is 30.7 Å². The van der Waals surface area contributed by atoms with Gasteiger partial charge in [-0.05, 0) is 24.1 Å². The molecule has 1 aliphatic heterocycles. The van der Waals surface area contributed by atoms with Gasteiger partial charge in [-0.25, -0.2) is 0 Å². The van der Waals surface area contributed by atoms with Crippen LogP contribution in [0.1, 0.15) is 18.1 Å². The molecule has 0 aromatic heterocycles. The average molecular weight is 376 g/mol. The third-order valence-electron chi connectivity index (χ3n) is 4.12. The van der Waals surface area contributed by atoms with E-state index in [0.717, 1.165) is 6.92 Å². The molecular formula is C18H21ClF3NO2. The molecule has 7 heteroatoms. The number of nitrogens with zero attached hydrogens (tertiary/aromatic N) is 1. The van der Waals surface area contributed by atoms with E-state index in [-0.39, 0.29) is 13.0 Å². The first-order valence-electron chi connectivity index (χ1n) is 7.93. The third-order valence-corrected chi connectivity index (χ3v) is 4.48. The largest absolute Gasteiger partial charge is 0.496 e. The maximum absolute atomic E-state index is 12.8. The molecular weight excluding hydrogens is 355 g/mol. The Hall–Kier alpha value is -1.66. The molecule has 0 radical (unpaired) electrons. The standard InChI is InChI=1S/C18H21ClF3NO2/c1-12(18(20,21)22)9-13-3-4-14(17(10-13)25-2)15-11-23(7-8-24)6-5-16(15)19/h3-5,10-12,24H,6-9H2,1-2H3. The van der Waals surface area contributed by atoms with Crippen LogP contribution in [0.25, 0.3) is 5.57 Å². The molecule has 0 aliphatic carbocycles. The maximum atomic E-state index is 12.8. The summed E-state index contributed by atoms with van der Waals surface area (Å²) in [6.07, 6.45) is -0.686.